The minimum absolute atomic E-state index is 0.492. The molecule has 0 amide bonds. The third-order valence-electron chi connectivity index (χ3n) is 14.5. The fourth-order valence-corrected chi connectivity index (χ4v) is 12.8. The van der Waals surface area contributed by atoms with Crippen molar-refractivity contribution in [2.24, 2.45) is 0 Å². The first-order valence-electron chi connectivity index (χ1n) is 23.3. The average Bonchev–Trinajstić information content (AvgIpc) is 4.15. The van der Waals surface area contributed by atoms with Crippen molar-refractivity contribution < 1.29 is 8.83 Å². The molecule has 3 aromatic heterocycles. The first kappa shape index (κ1) is 38.5. The molecule has 0 unspecified atom stereocenters. The molecule has 0 saturated carbocycles. The van der Waals surface area contributed by atoms with Gasteiger partial charge >= 0.3 is 0 Å². The summed E-state index contributed by atoms with van der Waals surface area (Å²) in [5.41, 5.74) is 19.6. The zero-order valence-corrected chi connectivity index (χ0v) is 37.8. The van der Waals surface area contributed by atoms with Crippen LogP contribution in [0.1, 0.15) is 33.4 Å². The maximum atomic E-state index is 6.38. The van der Waals surface area contributed by atoms with Crippen LogP contribution in [0, 0.1) is 0 Å². The Morgan fingerprint density at radius 3 is 1.41 bits per heavy atom. The molecule has 322 valence electrons. The van der Waals surface area contributed by atoms with E-state index in [1.807, 2.05) is 60.3 Å². The van der Waals surface area contributed by atoms with Crippen molar-refractivity contribution in [2.75, 3.05) is 5.75 Å². The highest BCUT2D eigenvalue weighted by atomic mass is 32.2. The van der Waals surface area contributed by atoms with Gasteiger partial charge in [-0.05, 0) is 98.1 Å². The van der Waals surface area contributed by atoms with E-state index in [0.717, 1.165) is 71.9 Å². The second-order valence-corrected chi connectivity index (χ2v) is 19.1. The van der Waals surface area contributed by atoms with Gasteiger partial charge in [-0.3, -0.25) is 0 Å². The van der Waals surface area contributed by atoms with Gasteiger partial charge in [0.05, 0.1) is 5.41 Å². The first-order chi connectivity index (χ1) is 34.2. The van der Waals surface area contributed by atoms with Gasteiger partial charge in [0.25, 0.3) is 0 Å². The summed E-state index contributed by atoms with van der Waals surface area (Å²) in [6.07, 6.45) is 0. The fourth-order valence-electron chi connectivity index (χ4n) is 11.6. The van der Waals surface area contributed by atoms with E-state index in [-0.39, 0.29) is 0 Å². The van der Waals surface area contributed by atoms with Crippen LogP contribution in [0.15, 0.2) is 227 Å². The highest BCUT2D eigenvalue weighted by Gasteiger charge is 2.55. The number of para-hydroxylation sites is 2. The highest BCUT2D eigenvalue weighted by Crippen LogP contribution is 2.67. The average molecular weight is 900 g/mol. The van der Waals surface area contributed by atoms with Gasteiger partial charge < -0.3 is 8.83 Å². The minimum atomic E-state index is -0.492. The van der Waals surface area contributed by atoms with Crippen LogP contribution < -0.4 is 0 Å². The Morgan fingerprint density at radius 1 is 0.362 bits per heavy atom. The Bertz CT molecular complexity index is 4040. The van der Waals surface area contributed by atoms with E-state index in [4.69, 9.17) is 23.8 Å². The predicted octanol–water partition coefficient (Wildman–Crippen LogP) is 16.1. The molecule has 0 N–H and O–H groups in total. The van der Waals surface area contributed by atoms with Gasteiger partial charge in [0, 0.05) is 54.5 Å². The van der Waals surface area contributed by atoms with E-state index in [1.165, 1.54) is 60.6 Å². The molecule has 0 fully saturated rings. The van der Waals surface area contributed by atoms with Crippen molar-refractivity contribution in [1.29, 1.82) is 0 Å². The monoisotopic (exact) mass is 899 g/mol. The third kappa shape index (κ3) is 5.58. The summed E-state index contributed by atoms with van der Waals surface area (Å²) < 4.78 is 12.8. The maximum Gasteiger partial charge on any atom is 0.164 e. The number of hydrogen-bond donors (Lipinski definition) is 0. The van der Waals surface area contributed by atoms with Crippen LogP contribution >= 0.6 is 11.8 Å². The van der Waals surface area contributed by atoms with E-state index < -0.39 is 5.41 Å². The van der Waals surface area contributed by atoms with Crippen LogP contribution in [0.5, 0.6) is 0 Å². The number of thioether (sulfide) groups is 1. The number of benzene rings is 9. The number of fused-ring (bicyclic) bond motifs is 15. The summed E-state index contributed by atoms with van der Waals surface area (Å²) >= 11 is 1.92. The zero-order chi connectivity index (χ0) is 45.2. The lowest BCUT2D eigenvalue weighted by Gasteiger charge is -2.36. The van der Waals surface area contributed by atoms with Crippen LogP contribution in [0.2, 0.25) is 0 Å². The molecule has 6 heteroatoms. The van der Waals surface area contributed by atoms with Gasteiger partial charge in [0.15, 0.2) is 17.5 Å². The molecular weight excluding hydrogens is 863 g/mol. The van der Waals surface area contributed by atoms with Crippen LogP contribution in [0.25, 0.3) is 105 Å². The van der Waals surface area contributed by atoms with Gasteiger partial charge in [-0.15, -0.1) is 11.8 Å². The normalized spacial score (nSPS) is 14.6. The molecule has 5 nitrogen and oxygen atoms in total. The van der Waals surface area contributed by atoms with Crippen LogP contribution in [-0.2, 0) is 5.41 Å². The minimum Gasteiger partial charge on any atom is -0.456 e. The number of nitrogens with zero attached hydrogens (tertiary/aromatic N) is 3. The SMILES string of the molecule is c1ccc(C2=C(c3cccc(-c4nc(-c5ccc6c(c5)oc5ccccc56)nc(-c5ccc6c(c5)oc5ccccc56)n4)c3)SCC3=C2C2(c4ccccc43)c3ccccc3-c3ccccc32)cc1. The molecule has 0 saturated heterocycles. The van der Waals surface area contributed by atoms with Crippen LogP contribution in [-0.4, -0.2) is 20.7 Å². The highest BCUT2D eigenvalue weighted by molar-refractivity contribution is 8.09. The maximum absolute atomic E-state index is 6.38. The van der Waals surface area contributed by atoms with E-state index in [9.17, 15) is 0 Å². The standard InChI is InChI=1S/C63H37N3O2S/c1-2-15-37(16-3-1)57-58-49(44-21-6-11-26-52(44)63(58)50-24-9-4-19-42(50)43-20-5-10-25-51(43)63)36-69-59(57)38-17-14-18-39(33-38)60-64-61(40-29-31-47-45-22-7-12-27-53(45)67-55(47)34-40)66-62(65-60)41-30-32-48-46-23-8-13-28-54(46)68-56(48)35-41/h1-35H,36H2. The molecule has 3 aliphatic rings. The Morgan fingerprint density at radius 2 is 0.812 bits per heavy atom. The Labute approximate surface area is 401 Å². The predicted molar refractivity (Wildman–Crippen MR) is 282 cm³/mol. The van der Waals surface area contributed by atoms with E-state index >= 15 is 0 Å². The van der Waals surface area contributed by atoms with Crippen LogP contribution in [0.3, 0.4) is 0 Å². The molecule has 0 radical (unpaired) electrons. The lowest BCUT2D eigenvalue weighted by atomic mass is 9.66. The van der Waals surface area contributed by atoms with Crippen molar-refractivity contribution in [3.05, 3.63) is 251 Å². The number of rotatable bonds is 5. The second kappa shape index (κ2) is 14.7. The van der Waals surface area contributed by atoms with E-state index in [1.54, 1.807) is 0 Å². The van der Waals surface area contributed by atoms with Gasteiger partial charge in [0.2, 0.25) is 0 Å². The molecule has 0 atom stereocenters. The first-order valence-corrected chi connectivity index (χ1v) is 24.3. The molecule has 1 aliphatic heterocycles. The number of aromatic nitrogens is 3. The Hall–Kier alpha value is -8.58. The topological polar surface area (TPSA) is 65.0 Å². The molecular formula is C63H37N3O2S. The summed E-state index contributed by atoms with van der Waals surface area (Å²) in [5.74, 6) is 2.53. The summed E-state index contributed by atoms with van der Waals surface area (Å²) in [7, 11) is 0. The van der Waals surface area contributed by atoms with Crippen molar-refractivity contribution >= 4 is 71.7 Å². The Kier molecular flexibility index (Phi) is 8.21. The van der Waals surface area contributed by atoms with Crippen LogP contribution in [0.4, 0.5) is 0 Å². The molecule has 4 heterocycles. The van der Waals surface area contributed by atoms with Crippen molar-refractivity contribution in [1.82, 2.24) is 15.0 Å². The van der Waals surface area contributed by atoms with Gasteiger partial charge in [-0.1, -0.05) is 170 Å². The van der Waals surface area contributed by atoms with E-state index in [0.29, 0.717) is 17.5 Å². The van der Waals surface area contributed by atoms with Gasteiger partial charge in [-0.2, -0.15) is 0 Å². The quantitative estimate of drug-likeness (QED) is 0.171. The van der Waals surface area contributed by atoms with Crippen molar-refractivity contribution in [3.8, 4) is 45.3 Å². The lowest BCUT2D eigenvalue weighted by Crippen LogP contribution is -2.29. The molecule has 1 spiro atoms. The second-order valence-electron chi connectivity index (χ2n) is 18.1. The molecule has 12 aromatic rings. The number of furan rings is 2. The third-order valence-corrected chi connectivity index (χ3v) is 15.6. The summed E-state index contributed by atoms with van der Waals surface area (Å²) in [4.78, 5) is 17.0. The summed E-state index contributed by atoms with van der Waals surface area (Å²) in [6.45, 7) is 0. The zero-order valence-electron chi connectivity index (χ0n) is 37.0. The molecule has 9 aromatic carbocycles. The number of hydrogen-bond acceptors (Lipinski definition) is 6. The molecule has 15 rings (SSSR count). The largest absolute Gasteiger partial charge is 0.456 e. The van der Waals surface area contributed by atoms with Crippen molar-refractivity contribution in [3.63, 3.8) is 0 Å². The molecule has 0 bridgehead atoms. The lowest BCUT2D eigenvalue weighted by molar-refractivity contribution is 0.668. The Balaban J connectivity index is 0.944. The van der Waals surface area contributed by atoms with E-state index in [2.05, 4.69) is 164 Å². The smallest absolute Gasteiger partial charge is 0.164 e. The fraction of sp³-hybridized carbons (Fsp3) is 0.0317. The van der Waals surface area contributed by atoms with Gasteiger partial charge in [-0.25, -0.2) is 15.0 Å². The molecule has 2 aliphatic carbocycles. The van der Waals surface area contributed by atoms with Gasteiger partial charge in [0.1, 0.15) is 22.3 Å². The summed E-state index contributed by atoms with van der Waals surface area (Å²) in [5, 5.41) is 4.26. The van der Waals surface area contributed by atoms with Crippen molar-refractivity contribution in [2.45, 2.75) is 5.41 Å². The number of allylic oxidation sites excluding steroid dienone is 2. The summed E-state index contributed by atoms with van der Waals surface area (Å²) in [6, 6.07) is 75.8. The molecule has 69 heavy (non-hydrogen) atoms.